The number of amides is 1. The van der Waals surface area contributed by atoms with Crippen LogP contribution in [-0.2, 0) is 16.1 Å². The zero-order chi connectivity index (χ0) is 14.4. The summed E-state index contributed by atoms with van der Waals surface area (Å²) in [6.07, 6.45) is 4.38. The van der Waals surface area contributed by atoms with E-state index >= 15 is 0 Å². The highest BCUT2D eigenvalue weighted by Crippen LogP contribution is 2.45. The van der Waals surface area contributed by atoms with Crippen molar-refractivity contribution in [3.8, 4) is 0 Å². The molecule has 4 heterocycles. The normalized spacial score (nSPS) is 32.3. The lowest BCUT2D eigenvalue weighted by molar-refractivity contribution is -0.180. The molecule has 3 fully saturated rings. The Hall–Kier alpha value is -1.46. The van der Waals surface area contributed by atoms with Crippen molar-refractivity contribution >= 4 is 5.91 Å². The summed E-state index contributed by atoms with van der Waals surface area (Å²) >= 11 is 0. The minimum absolute atomic E-state index is 0.188. The summed E-state index contributed by atoms with van der Waals surface area (Å²) in [6, 6.07) is 4.36. The first kappa shape index (κ1) is 13.2. The highest BCUT2D eigenvalue weighted by atomic mass is 16.5. The van der Waals surface area contributed by atoms with Gasteiger partial charge in [-0.2, -0.15) is 0 Å². The molecule has 5 heteroatoms. The SMILES string of the molecule is Cc1ccc(CN2CC[C@@]34OCCCN3C(=O)C[C@@H]24)nc1. The van der Waals surface area contributed by atoms with Gasteiger partial charge in [-0.1, -0.05) is 6.07 Å². The summed E-state index contributed by atoms with van der Waals surface area (Å²) in [5.41, 5.74) is 1.90. The van der Waals surface area contributed by atoms with Crippen LogP contribution in [0.5, 0.6) is 0 Å². The number of carbonyl (C=O) groups excluding carboxylic acids is 1. The predicted octanol–water partition coefficient (Wildman–Crippen LogP) is 1.31. The molecule has 2 atom stereocenters. The molecule has 0 aliphatic carbocycles. The summed E-state index contributed by atoms with van der Waals surface area (Å²) in [4.78, 5) is 21.1. The minimum atomic E-state index is -0.347. The van der Waals surface area contributed by atoms with E-state index in [-0.39, 0.29) is 17.7 Å². The molecule has 1 aromatic heterocycles. The molecule has 21 heavy (non-hydrogen) atoms. The summed E-state index contributed by atoms with van der Waals surface area (Å²) in [6.45, 7) is 5.45. The van der Waals surface area contributed by atoms with Crippen molar-refractivity contribution in [2.75, 3.05) is 19.7 Å². The molecule has 4 rings (SSSR count). The molecule has 3 aliphatic rings. The molecular formula is C16H21N3O2. The smallest absolute Gasteiger partial charge is 0.226 e. The Labute approximate surface area is 124 Å². The lowest BCUT2D eigenvalue weighted by Crippen LogP contribution is -2.56. The van der Waals surface area contributed by atoms with Crippen LogP contribution in [0.25, 0.3) is 0 Å². The van der Waals surface area contributed by atoms with Crippen molar-refractivity contribution < 1.29 is 9.53 Å². The Morgan fingerprint density at radius 1 is 1.43 bits per heavy atom. The van der Waals surface area contributed by atoms with Gasteiger partial charge in [0, 0.05) is 38.7 Å². The highest BCUT2D eigenvalue weighted by molar-refractivity contribution is 5.81. The van der Waals surface area contributed by atoms with E-state index in [2.05, 4.69) is 22.0 Å². The Morgan fingerprint density at radius 3 is 3.14 bits per heavy atom. The Morgan fingerprint density at radius 2 is 2.33 bits per heavy atom. The number of likely N-dealkylation sites (tertiary alicyclic amines) is 1. The van der Waals surface area contributed by atoms with Crippen molar-refractivity contribution in [3.63, 3.8) is 0 Å². The number of nitrogens with zero attached hydrogens (tertiary/aromatic N) is 3. The molecule has 0 aromatic carbocycles. The molecule has 0 unspecified atom stereocenters. The van der Waals surface area contributed by atoms with E-state index in [1.54, 1.807) is 0 Å². The number of pyridine rings is 1. The predicted molar refractivity (Wildman–Crippen MR) is 77.4 cm³/mol. The molecule has 1 aromatic rings. The number of hydrogen-bond donors (Lipinski definition) is 0. The van der Waals surface area contributed by atoms with Gasteiger partial charge in [0.2, 0.25) is 5.91 Å². The maximum absolute atomic E-state index is 12.3. The standard InChI is InChI=1S/C16H21N3O2/c1-12-3-4-13(17-10-12)11-18-7-5-16-14(18)9-15(20)19(16)6-2-8-21-16/h3-4,10,14H,2,5-9,11H2,1H3/t14-,16+/m1/s1. The molecule has 0 N–H and O–H groups in total. The van der Waals surface area contributed by atoms with Gasteiger partial charge in [0.05, 0.1) is 18.3 Å². The van der Waals surface area contributed by atoms with E-state index in [9.17, 15) is 4.79 Å². The number of aromatic nitrogens is 1. The van der Waals surface area contributed by atoms with E-state index in [0.29, 0.717) is 6.42 Å². The van der Waals surface area contributed by atoms with E-state index in [1.807, 2.05) is 18.0 Å². The lowest BCUT2D eigenvalue weighted by Gasteiger charge is -2.42. The van der Waals surface area contributed by atoms with Gasteiger partial charge >= 0.3 is 0 Å². The first-order chi connectivity index (χ1) is 10.2. The number of aryl methyl sites for hydroxylation is 1. The van der Waals surface area contributed by atoms with Gasteiger partial charge in [-0.05, 0) is 25.0 Å². The first-order valence-electron chi connectivity index (χ1n) is 7.79. The van der Waals surface area contributed by atoms with E-state index in [1.165, 1.54) is 5.56 Å². The van der Waals surface area contributed by atoms with Gasteiger partial charge in [-0.25, -0.2) is 0 Å². The van der Waals surface area contributed by atoms with Crippen molar-refractivity contribution in [1.82, 2.24) is 14.8 Å². The zero-order valence-electron chi connectivity index (χ0n) is 12.4. The second-order valence-corrected chi connectivity index (χ2v) is 6.36. The van der Waals surface area contributed by atoms with Gasteiger partial charge in [0.15, 0.2) is 5.72 Å². The zero-order valence-corrected chi connectivity index (χ0v) is 12.4. The molecule has 1 amide bonds. The van der Waals surface area contributed by atoms with Crippen molar-refractivity contribution in [3.05, 3.63) is 29.6 Å². The van der Waals surface area contributed by atoms with Gasteiger partial charge in [0.25, 0.3) is 0 Å². The van der Waals surface area contributed by atoms with Crippen molar-refractivity contribution in [2.45, 2.75) is 44.5 Å². The number of carbonyl (C=O) groups is 1. The summed E-state index contributed by atoms with van der Waals surface area (Å²) < 4.78 is 6.11. The van der Waals surface area contributed by atoms with Crippen LogP contribution in [0.4, 0.5) is 0 Å². The average Bonchev–Trinajstić information content (AvgIpc) is 2.96. The topological polar surface area (TPSA) is 45.7 Å². The first-order valence-corrected chi connectivity index (χ1v) is 7.79. The molecule has 112 valence electrons. The molecule has 3 aliphatic heterocycles. The van der Waals surface area contributed by atoms with Gasteiger partial charge in [0.1, 0.15) is 0 Å². The lowest BCUT2D eigenvalue weighted by atomic mass is 10.0. The van der Waals surface area contributed by atoms with Gasteiger partial charge in [-0.3, -0.25) is 14.7 Å². The minimum Gasteiger partial charge on any atom is -0.354 e. The molecule has 0 saturated carbocycles. The largest absolute Gasteiger partial charge is 0.354 e. The Balaban J connectivity index is 1.56. The number of hydrogen-bond acceptors (Lipinski definition) is 4. The van der Waals surface area contributed by atoms with Crippen LogP contribution in [-0.4, -0.2) is 52.2 Å². The Kier molecular flexibility index (Phi) is 3.01. The summed E-state index contributed by atoms with van der Waals surface area (Å²) in [5, 5.41) is 0. The summed E-state index contributed by atoms with van der Waals surface area (Å²) in [5.74, 6) is 0.251. The fraction of sp³-hybridized carbons (Fsp3) is 0.625. The van der Waals surface area contributed by atoms with Crippen LogP contribution in [0, 0.1) is 6.92 Å². The van der Waals surface area contributed by atoms with E-state index in [0.717, 1.165) is 44.8 Å². The second kappa shape index (κ2) is 4.78. The maximum atomic E-state index is 12.3. The second-order valence-electron chi connectivity index (χ2n) is 6.36. The van der Waals surface area contributed by atoms with Crippen LogP contribution in [0.3, 0.4) is 0 Å². The third-order valence-electron chi connectivity index (χ3n) is 5.06. The van der Waals surface area contributed by atoms with Crippen LogP contribution in [0.2, 0.25) is 0 Å². The van der Waals surface area contributed by atoms with Gasteiger partial charge in [-0.15, -0.1) is 0 Å². The Bertz CT molecular complexity index is 559. The molecule has 3 saturated heterocycles. The van der Waals surface area contributed by atoms with Crippen molar-refractivity contribution in [1.29, 1.82) is 0 Å². The van der Waals surface area contributed by atoms with Crippen LogP contribution >= 0.6 is 0 Å². The molecule has 5 nitrogen and oxygen atoms in total. The molecule has 0 bridgehead atoms. The third kappa shape index (κ3) is 1.99. The molecule has 1 spiro atoms. The maximum Gasteiger partial charge on any atom is 0.226 e. The molecular weight excluding hydrogens is 266 g/mol. The monoisotopic (exact) mass is 287 g/mol. The van der Waals surface area contributed by atoms with Crippen LogP contribution < -0.4 is 0 Å². The quantitative estimate of drug-likeness (QED) is 0.823. The number of ether oxygens (including phenoxy) is 1. The van der Waals surface area contributed by atoms with Crippen molar-refractivity contribution in [2.24, 2.45) is 0 Å². The fourth-order valence-corrected chi connectivity index (χ4v) is 4.02. The summed E-state index contributed by atoms with van der Waals surface area (Å²) in [7, 11) is 0. The van der Waals surface area contributed by atoms with E-state index in [4.69, 9.17) is 4.74 Å². The number of rotatable bonds is 2. The van der Waals surface area contributed by atoms with Crippen LogP contribution in [0.1, 0.15) is 30.5 Å². The average molecular weight is 287 g/mol. The fourth-order valence-electron chi connectivity index (χ4n) is 4.02. The van der Waals surface area contributed by atoms with Gasteiger partial charge < -0.3 is 9.64 Å². The van der Waals surface area contributed by atoms with Crippen LogP contribution in [0.15, 0.2) is 18.3 Å². The highest BCUT2D eigenvalue weighted by Gasteiger charge is 2.60. The third-order valence-corrected chi connectivity index (χ3v) is 5.06. The van der Waals surface area contributed by atoms with E-state index < -0.39 is 0 Å². The molecule has 0 radical (unpaired) electrons.